The molecular formula is C14H14ClNO2. The van der Waals surface area contributed by atoms with Crippen LogP contribution in [0.4, 0.5) is 5.69 Å². The molecule has 0 radical (unpaired) electrons. The van der Waals surface area contributed by atoms with E-state index in [1.807, 2.05) is 24.3 Å². The van der Waals surface area contributed by atoms with Crippen molar-refractivity contribution in [1.82, 2.24) is 0 Å². The van der Waals surface area contributed by atoms with Gasteiger partial charge in [-0.1, -0.05) is 23.7 Å². The Kier molecular flexibility index (Phi) is 4.07. The molecule has 0 saturated carbocycles. The van der Waals surface area contributed by atoms with Crippen molar-refractivity contribution in [3.8, 4) is 11.5 Å². The Morgan fingerprint density at radius 2 is 2.00 bits per heavy atom. The van der Waals surface area contributed by atoms with E-state index in [2.05, 4.69) is 0 Å². The first-order valence-corrected chi connectivity index (χ1v) is 5.87. The Morgan fingerprint density at radius 3 is 2.72 bits per heavy atom. The molecule has 0 amide bonds. The van der Waals surface area contributed by atoms with Gasteiger partial charge in [0.25, 0.3) is 0 Å². The van der Waals surface area contributed by atoms with Gasteiger partial charge in [0.05, 0.1) is 12.3 Å². The molecule has 0 saturated heterocycles. The largest absolute Gasteiger partial charge is 0.455 e. The lowest BCUT2D eigenvalue weighted by atomic mass is 10.2. The van der Waals surface area contributed by atoms with Gasteiger partial charge < -0.3 is 15.2 Å². The second kappa shape index (κ2) is 5.76. The zero-order chi connectivity index (χ0) is 13.0. The normalized spacial score (nSPS) is 10.3. The Balaban J connectivity index is 2.20. The van der Waals surface area contributed by atoms with Gasteiger partial charge in [-0.05, 0) is 35.9 Å². The van der Waals surface area contributed by atoms with Crippen LogP contribution in [0.2, 0.25) is 5.02 Å². The number of hydrogen-bond donors (Lipinski definition) is 1. The molecule has 3 nitrogen and oxygen atoms in total. The molecule has 0 aliphatic carbocycles. The number of hydrogen-bond acceptors (Lipinski definition) is 3. The Morgan fingerprint density at radius 1 is 1.17 bits per heavy atom. The van der Waals surface area contributed by atoms with E-state index in [1.165, 1.54) is 0 Å². The van der Waals surface area contributed by atoms with Gasteiger partial charge in [0.15, 0.2) is 0 Å². The summed E-state index contributed by atoms with van der Waals surface area (Å²) in [6.45, 7) is 0.549. The summed E-state index contributed by atoms with van der Waals surface area (Å²) in [5, 5.41) is 0.591. The number of rotatable bonds is 4. The van der Waals surface area contributed by atoms with Crippen molar-refractivity contribution in [1.29, 1.82) is 0 Å². The number of benzene rings is 2. The van der Waals surface area contributed by atoms with Gasteiger partial charge in [0, 0.05) is 12.1 Å². The number of halogens is 1. The molecule has 0 atom stereocenters. The van der Waals surface area contributed by atoms with Crippen LogP contribution in [0.25, 0.3) is 0 Å². The summed E-state index contributed by atoms with van der Waals surface area (Å²) in [6.07, 6.45) is 0. The average Bonchev–Trinajstić information content (AvgIpc) is 2.34. The minimum Gasteiger partial charge on any atom is -0.455 e. The van der Waals surface area contributed by atoms with Crippen molar-refractivity contribution in [2.75, 3.05) is 12.8 Å². The highest BCUT2D eigenvalue weighted by Crippen LogP contribution is 2.30. The monoisotopic (exact) mass is 263 g/mol. The summed E-state index contributed by atoms with van der Waals surface area (Å²) >= 11 is 5.83. The van der Waals surface area contributed by atoms with Crippen molar-refractivity contribution >= 4 is 17.3 Å². The third kappa shape index (κ3) is 3.15. The van der Waals surface area contributed by atoms with E-state index < -0.39 is 0 Å². The fourth-order valence-corrected chi connectivity index (χ4v) is 1.79. The summed E-state index contributed by atoms with van der Waals surface area (Å²) in [5.74, 6) is 1.31. The second-order valence-electron chi connectivity index (χ2n) is 3.86. The molecule has 0 heterocycles. The molecule has 0 aromatic heterocycles. The molecule has 2 aromatic rings. The van der Waals surface area contributed by atoms with Crippen LogP contribution in [0.5, 0.6) is 11.5 Å². The molecule has 94 valence electrons. The van der Waals surface area contributed by atoms with Gasteiger partial charge in [-0.3, -0.25) is 0 Å². The quantitative estimate of drug-likeness (QED) is 0.852. The van der Waals surface area contributed by atoms with E-state index in [0.29, 0.717) is 23.1 Å². The smallest absolute Gasteiger partial charge is 0.150 e. The molecule has 2 rings (SSSR count). The number of ether oxygens (including phenoxy) is 2. The maximum absolute atomic E-state index is 5.83. The molecule has 0 fully saturated rings. The molecule has 4 heteroatoms. The van der Waals surface area contributed by atoms with Crippen molar-refractivity contribution in [2.24, 2.45) is 0 Å². The lowest BCUT2D eigenvalue weighted by molar-refractivity contribution is 0.184. The minimum atomic E-state index is 0.514. The maximum Gasteiger partial charge on any atom is 0.150 e. The summed E-state index contributed by atoms with van der Waals surface area (Å²) in [6, 6.07) is 12.8. The summed E-state index contributed by atoms with van der Waals surface area (Å²) < 4.78 is 10.8. The van der Waals surface area contributed by atoms with Gasteiger partial charge in [0.1, 0.15) is 11.5 Å². The molecule has 2 aromatic carbocycles. The zero-order valence-electron chi connectivity index (χ0n) is 10.0. The lowest BCUT2D eigenvalue weighted by Gasteiger charge is -2.09. The van der Waals surface area contributed by atoms with Crippen molar-refractivity contribution in [3.63, 3.8) is 0 Å². The Labute approximate surface area is 111 Å². The molecule has 0 bridgehead atoms. The molecule has 0 aliphatic heterocycles. The predicted molar refractivity (Wildman–Crippen MR) is 73.1 cm³/mol. The van der Waals surface area contributed by atoms with Gasteiger partial charge in [-0.25, -0.2) is 0 Å². The van der Waals surface area contributed by atoms with Gasteiger partial charge in [-0.15, -0.1) is 0 Å². The molecule has 18 heavy (non-hydrogen) atoms. The first-order chi connectivity index (χ1) is 8.69. The van der Waals surface area contributed by atoms with E-state index in [4.69, 9.17) is 26.8 Å². The molecule has 0 aliphatic rings. The van der Waals surface area contributed by atoms with E-state index in [0.717, 1.165) is 11.3 Å². The summed E-state index contributed by atoms with van der Waals surface area (Å²) in [4.78, 5) is 0. The number of nitrogen functional groups attached to an aromatic ring is 1. The van der Waals surface area contributed by atoms with Gasteiger partial charge in [0.2, 0.25) is 0 Å². The molecule has 2 N–H and O–H groups in total. The molecule has 0 spiro atoms. The van der Waals surface area contributed by atoms with Crippen molar-refractivity contribution < 1.29 is 9.47 Å². The van der Waals surface area contributed by atoms with Crippen LogP contribution in [0.3, 0.4) is 0 Å². The van der Waals surface area contributed by atoms with Crippen LogP contribution in [0, 0.1) is 0 Å². The van der Waals surface area contributed by atoms with Gasteiger partial charge in [-0.2, -0.15) is 0 Å². The van der Waals surface area contributed by atoms with E-state index in [1.54, 1.807) is 25.3 Å². The SMILES string of the molecule is COCc1cccc(Oc2ccc(Cl)cc2N)c1. The minimum absolute atomic E-state index is 0.514. The fraction of sp³-hybridized carbons (Fsp3) is 0.143. The van der Waals surface area contributed by atoms with Crippen LogP contribution in [-0.2, 0) is 11.3 Å². The van der Waals surface area contributed by atoms with Crippen LogP contribution < -0.4 is 10.5 Å². The molecule has 0 unspecified atom stereocenters. The Bertz CT molecular complexity index is 543. The lowest BCUT2D eigenvalue weighted by Crippen LogP contribution is -1.93. The van der Waals surface area contributed by atoms with Crippen molar-refractivity contribution in [3.05, 3.63) is 53.1 Å². The topological polar surface area (TPSA) is 44.5 Å². The fourth-order valence-electron chi connectivity index (χ4n) is 1.60. The first kappa shape index (κ1) is 12.7. The third-order valence-corrected chi connectivity index (χ3v) is 2.64. The number of nitrogens with two attached hydrogens (primary N) is 1. The van der Waals surface area contributed by atoms with Crippen LogP contribution in [0.1, 0.15) is 5.56 Å². The predicted octanol–water partition coefficient (Wildman–Crippen LogP) is 3.86. The van der Waals surface area contributed by atoms with Crippen LogP contribution >= 0.6 is 11.6 Å². The van der Waals surface area contributed by atoms with Crippen LogP contribution in [0.15, 0.2) is 42.5 Å². The van der Waals surface area contributed by atoms with E-state index >= 15 is 0 Å². The summed E-state index contributed by atoms with van der Waals surface area (Å²) in [7, 11) is 1.66. The first-order valence-electron chi connectivity index (χ1n) is 5.50. The van der Waals surface area contributed by atoms with E-state index in [-0.39, 0.29) is 0 Å². The average molecular weight is 264 g/mol. The third-order valence-electron chi connectivity index (χ3n) is 2.41. The van der Waals surface area contributed by atoms with E-state index in [9.17, 15) is 0 Å². The highest BCUT2D eigenvalue weighted by Gasteiger charge is 2.03. The highest BCUT2D eigenvalue weighted by molar-refractivity contribution is 6.30. The summed E-state index contributed by atoms with van der Waals surface area (Å²) in [5.41, 5.74) is 7.39. The second-order valence-corrected chi connectivity index (χ2v) is 4.30. The van der Waals surface area contributed by atoms with Crippen LogP contribution in [-0.4, -0.2) is 7.11 Å². The van der Waals surface area contributed by atoms with Gasteiger partial charge >= 0.3 is 0 Å². The Hall–Kier alpha value is -1.71. The maximum atomic E-state index is 5.83. The number of anilines is 1. The standard InChI is InChI=1S/C14H14ClNO2/c1-17-9-10-3-2-4-12(7-10)18-14-6-5-11(15)8-13(14)16/h2-8H,9,16H2,1H3. The molecular weight excluding hydrogens is 250 g/mol. The van der Waals surface area contributed by atoms with Crippen molar-refractivity contribution in [2.45, 2.75) is 6.61 Å². The highest BCUT2D eigenvalue weighted by atomic mass is 35.5. The zero-order valence-corrected chi connectivity index (χ0v) is 10.8. The number of methoxy groups -OCH3 is 1.